The molecule has 2 aromatic rings. The smallest absolute Gasteiger partial charge is 0.406 e. The van der Waals surface area contributed by atoms with E-state index in [2.05, 4.69) is 46.4 Å². The van der Waals surface area contributed by atoms with Crippen molar-refractivity contribution < 1.29 is 27.8 Å². The Hall–Kier alpha value is -3.33. The predicted octanol–water partition coefficient (Wildman–Crippen LogP) is 6.65. The summed E-state index contributed by atoms with van der Waals surface area (Å²) in [6, 6.07) is 7.47. The van der Waals surface area contributed by atoms with Gasteiger partial charge in [0.1, 0.15) is 11.6 Å². The van der Waals surface area contributed by atoms with Crippen molar-refractivity contribution in [3.05, 3.63) is 60.8 Å². The summed E-state index contributed by atoms with van der Waals surface area (Å²) in [5.41, 5.74) is 3.64. The molecule has 0 radical (unpaired) electrons. The van der Waals surface area contributed by atoms with Crippen LogP contribution in [0.3, 0.4) is 0 Å². The molecule has 0 bridgehead atoms. The fourth-order valence-corrected chi connectivity index (χ4v) is 3.67. The van der Waals surface area contributed by atoms with Gasteiger partial charge in [0.15, 0.2) is 5.78 Å². The molecular formula is C27H34F3N3O3. The number of aromatic nitrogens is 1. The number of β-amino-alcohol motifs (C(OH)–C–C–N with tert-alkyl or cyclic N) is 1. The van der Waals surface area contributed by atoms with Crippen molar-refractivity contribution >= 4 is 28.5 Å². The molecule has 0 atom stereocenters. The lowest BCUT2D eigenvalue weighted by Crippen LogP contribution is -2.51. The van der Waals surface area contributed by atoms with E-state index >= 15 is 0 Å². The molecule has 1 aromatic heterocycles. The zero-order valence-corrected chi connectivity index (χ0v) is 20.9. The third-order valence-electron chi connectivity index (χ3n) is 5.36. The Balaban J connectivity index is 0.000000572. The normalized spacial score (nSPS) is 13.9. The van der Waals surface area contributed by atoms with Gasteiger partial charge in [-0.2, -0.15) is 0 Å². The molecule has 6 nitrogen and oxygen atoms in total. The van der Waals surface area contributed by atoms with E-state index in [9.17, 15) is 23.1 Å². The van der Waals surface area contributed by atoms with Gasteiger partial charge in [-0.3, -0.25) is 4.79 Å². The van der Waals surface area contributed by atoms with Crippen LogP contribution in [0.5, 0.6) is 5.75 Å². The average Bonchev–Trinajstić information content (AvgIpc) is 2.81. The molecule has 0 amide bonds. The van der Waals surface area contributed by atoms with Crippen LogP contribution in [-0.2, 0) is 4.79 Å². The Bertz CT molecular complexity index is 1030. The number of allylic oxidation sites excluding steroid dienone is 3. The standard InChI is InChI=1S/C21H24F3N3O2.C6H10O/c1-3-5-14(4-2)19-18(27-12-16(28)13-27)10-11-25-20(19)26-15-6-8-17(9-7-15)29-21(22,23)24;1-3-5-6(7)4-2/h5-11,16,28H,3-4,12-13H2,1-2H3,(H,25,26);4H,2-3,5H2,1H3/b14-5+;. The summed E-state index contributed by atoms with van der Waals surface area (Å²) >= 11 is 0. The lowest BCUT2D eigenvalue weighted by atomic mass is 9.98. The number of aliphatic hydroxyl groups is 1. The number of nitrogens with zero attached hydrogens (tertiary/aromatic N) is 2. The maximum absolute atomic E-state index is 12.4. The van der Waals surface area contributed by atoms with Crippen molar-refractivity contribution in [1.29, 1.82) is 0 Å². The average molecular weight is 506 g/mol. The van der Waals surface area contributed by atoms with Crippen LogP contribution in [0.1, 0.15) is 52.0 Å². The number of ether oxygens (including phenoxy) is 1. The van der Waals surface area contributed by atoms with Crippen molar-refractivity contribution in [2.75, 3.05) is 23.3 Å². The van der Waals surface area contributed by atoms with Gasteiger partial charge in [0.25, 0.3) is 0 Å². The number of hydrogen-bond acceptors (Lipinski definition) is 6. The van der Waals surface area contributed by atoms with E-state index in [0.29, 0.717) is 31.0 Å². The third-order valence-corrected chi connectivity index (χ3v) is 5.36. The van der Waals surface area contributed by atoms with Crippen molar-refractivity contribution in [3.63, 3.8) is 0 Å². The van der Waals surface area contributed by atoms with Gasteiger partial charge in [-0.1, -0.05) is 33.4 Å². The summed E-state index contributed by atoms with van der Waals surface area (Å²) in [5.74, 6) is 0.483. The van der Waals surface area contributed by atoms with E-state index in [1.165, 1.54) is 30.3 Å². The van der Waals surface area contributed by atoms with Crippen LogP contribution in [0.4, 0.5) is 30.4 Å². The Morgan fingerprint density at radius 3 is 2.36 bits per heavy atom. The minimum Gasteiger partial charge on any atom is -0.406 e. The van der Waals surface area contributed by atoms with Gasteiger partial charge in [-0.15, -0.1) is 13.2 Å². The highest BCUT2D eigenvalue weighted by Crippen LogP contribution is 2.37. The topological polar surface area (TPSA) is 74.7 Å². The number of ketones is 1. The van der Waals surface area contributed by atoms with Crippen LogP contribution >= 0.6 is 0 Å². The first-order valence-corrected chi connectivity index (χ1v) is 12.0. The number of halogens is 3. The number of pyridine rings is 1. The highest BCUT2D eigenvalue weighted by Gasteiger charge is 2.31. The van der Waals surface area contributed by atoms with E-state index in [1.807, 2.05) is 13.0 Å². The van der Waals surface area contributed by atoms with Gasteiger partial charge < -0.3 is 20.1 Å². The molecule has 1 aliphatic heterocycles. The van der Waals surface area contributed by atoms with E-state index in [-0.39, 0.29) is 17.6 Å². The van der Waals surface area contributed by atoms with E-state index in [4.69, 9.17) is 0 Å². The molecule has 1 aromatic carbocycles. The fourth-order valence-electron chi connectivity index (χ4n) is 3.67. The van der Waals surface area contributed by atoms with Crippen LogP contribution in [-0.4, -0.2) is 41.4 Å². The second-order valence-electron chi connectivity index (χ2n) is 8.22. The van der Waals surface area contributed by atoms with E-state index in [1.54, 1.807) is 6.20 Å². The molecule has 1 aliphatic rings. The summed E-state index contributed by atoms with van der Waals surface area (Å²) in [7, 11) is 0. The van der Waals surface area contributed by atoms with Crippen LogP contribution < -0.4 is 15.0 Å². The lowest BCUT2D eigenvalue weighted by Gasteiger charge is -2.39. The molecule has 1 fully saturated rings. The highest BCUT2D eigenvalue weighted by molar-refractivity contribution is 5.89. The number of alkyl halides is 3. The highest BCUT2D eigenvalue weighted by atomic mass is 19.4. The number of carbonyl (C=O) groups is 1. The van der Waals surface area contributed by atoms with Crippen molar-refractivity contribution in [1.82, 2.24) is 4.98 Å². The molecule has 196 valence electrons. The van der Waals surface area contributed by atoms with E-state index < -0.39 is 6.36 Å². The van der Waals surface area contributed by atoms with Gasteiger partial charge in [0, 0.05) is 42.6 Å². The second-order valence-corrected chi connectivity index (χ2v) is 8.22. The first kappa shape index (κ1) is 28.9. The predicted molar refractivity (Wildman–Crippen MR) is 138 cm³/mol. The number of anilines is 3. The number of aliphatic hydroxyl groups excluding tert-OH is 1. The van der Waals surface area contributed by atoms with Gasteiger partial charge in [-0.25, -0.2) is 4.98 Å². The first-order chi connectivity index (χ1) is 17.1. The monoisotopic (exact) mass is 505 g/mol. The Labute approximate surface area is 210 Å². The summed E-state index contributed by atoms with van der Waals surface area (Å²) in [5, 5.41) is 12.9. The molecule has 1 saturated heterocycles. The summed E-state index contributed by atoms with van der Waals surface area (Å²) in [4.78, 5) is 16.9. The molecule has 3 rings (SSSR count). The minimum atomic E-state index is -4.72. The second kappa shape index (κ2) is 13.7. The number of nitrogens with one attached hydrogen (secondary N) is 1. The molecule has 2 N–H and O–H groups in total. The first-order valence-electron chi connectivity index (χ1n) is 12.0. The minimum absolute atomic E-state index is 0.141. The van der Waals surface area contributed by atoms with Crippen LogP contribution in [0.15, 0.2) is 55.3 Å². The van der Waals surface area contributed by atoms with Gasteiger partial charge in [0.2, 0.25) is 0 Å². The summed E-state index contributed by atoms with van der Waals surface area (Å²) < 4.78 is 41.0. The SMILES string of the molecule is C=CC(=O)CCC.CC/C=C(\CC)c1c(N2CC(O)C2)ccnc1Nc1ccc(OC(F)(F)F)cc1. The molecule has 36 heavy (non-hydrogen) atoms. The van der Waals surface area contributed by atoms with Crippen molar-refractivity contribution in [2.45, 2.75) is 58.9 Å². The largest absolute Gasteiger partial charge is 0.573 e. The maximum Gasteiger partial charge on any atom is 0.573 e. The number of benzene rings is 1. The van der Waals surface area contributed by atoms with Crippen molar-refractivity contribution in [3.8, 4) is 5.75 Å². The summed E-state index contributed by atoms with van der Waals surface area (Å²) in [6.07, 6.45) is 3.36. The molecule has 0 saturated carbocycles. The molecule has 0 spiro atoms. The molecule has 9 heteroatoms. The van der Waals surface area contributed by atoms with Crippen LogP contribution in [0.25, 0.3) is 5.57 Å². The molecule has 0 aliphatic carbocycles. The fraction of sp³-hybridized carbons (Fsp3) is 0.407. The zero-order valence-electron chi connectivity index (χ0n) is 20.9. The third kappa shape index (κ3) is 8.71. The van der Waals surface area contributed by atoms with E-state index in [0.717, 1.165) is 36.1 Å². The Kier molecular flexibility index (Phi) is 11.0. The van der Waals surface area contributed by atoms with Gasteiger partial charge >= 0.3 is 6.36 Å². The van der Waals surface area contributed by atoms with Crippen LogP contribution in [0.2, 0.25) is 0 Å². The molecule has 2 heterocycles. The van der Waals surface area contributed by atoms with Gasteiger partial charge in [-0.05, 0) is 61.2 Å². The zero-order chi connectivity index (χ0) is 26.7. The number of hydrogen-bond donors (Lipinski definition) is 2. The lowest BCUT2D eigenvalue weighted by molar-refractivity contribution is -0.274. The maximum atomic E-state index is 12.4. The molecule has 0 unspecified atom stereocenters. The summed E-state index contributed by atoms with van der Waals surface area (Å²) in [6.45, 7) is 10.5. The Morgan fingerprint density at radius 2 is 1.89 bits per heavy atom. The van der Waals surface area contributed by atoms with Crippen LogP contribution in [0, 0.1) is 0 Å². The van der Waals surface area contributed by atoms with Gasteiger partial charge in [0.05, 0.1) is 6.10 Å². The van der Waals surface area contributed by atoms with Crippen molar-refractivity contribution in [2.24, 2.45) is 0 Å². The number of rotatable bonds is 10. The molecular weight excluding hydrogens is 471 g/mol. The quantitative estimate of drug-likeness (QED) is 0.352. The Morgan fingerprint density at radius 1 is 1.22 bits per heavy atom. The number of carbonyl (C=O) groups excluding carboxylic acids is 1.